The number of aliphatic hydroxyl groups is 1. The van der Waals surface area contributed by atoms with Gasteiger partial charge in [-0.15, -0.1) is 0 Å². The Labute approximate surface area is 64.5 Å². The lowest BCUT2D eigenvalue weighted by atomic mass is 10.2. The quantitative estimate of drug-likeness (QED) is 0.474. The molecule has 0 radical (unpaired) electrons. The lowest BCUT2D eigenvalue weighted by molar-refractivity contribution is 0.113. The summed E-state index contributed by atoms with van der Waals surface area (Å²) in [4.78, 5) is 10.3. The molecule has 0 saturated carbocycles. The molecule has 1 fully saturated rings. The minimum absolute atomic E-state index is 0.0411. The predicted molar refractivity (Wildman–Crippen MR) is 37.9 cm³/mol. The molecule has 5 heteroatoms. The van der Waals surface area contributed by atoms with Gasteiger partial charge in [-0.25, -0.2) is 4.79 Å². The third-order valence-corrected chi connectivity index (χ3v) is 1.68. The van der Waals surface area contributed by atoms with E-state index in [1.54, 1.807) is 0 Å². The van der Waals surface area contributed by atoms with E-state index < -0.39 is 6.09 Å². The number of hydrogen-bond acceptors (Lipinski definition) is 4. The predicted octanol–water partition coefficient (Wildman–Crippen LogP) is -1.20. The Morgan fingerprint density at radius 2 is 2.55 bits per heavy atom. The highest BCUT2D eigenvalue weighted by Gasteiger charge is 2.25. The van der Waals surface area contributed by atoms with Crippen molar-refractivity contribution in [2.45, 2.75) is 18.6 Å². The van der Waals surface area contributed by atoms with Crippen molar-refractivity contribution in [3.05, 3.63) is 0 Å². The molecule has 0 aromatic heterocycles. The molecule has 0 unspecified atom stereocenters. The van der Waals surface area contributed by atoms with Gasteiger partial charge < -0.3 is 20.9 Å². The maximum atomic E-state index is 10.3. The average molecular weight is 160 g/mol. The fraction of sp³-hybridized carbons (Fsp3) is 0.833. The summed E-state index contributed by atoms with van der Waals surface area (Å²) in [6.07, 6.45) is -0.292. The lowest BCUT2D eigenvalue weighted by Crippen LogP contribution is -2.25. The first-order chi connectivity index (χ1) is 5.22. The number of primary amides is 1. The van der Waals surface area contributed by atoms with Crippen LogP contribution in [0.3, 0.4) is 0 Å². The van der Waals surface area contributed by atoms with Gasteiger partial charge in [0.15, 0.2) is 0 Å². The molecule has 1 aliphatic rings. The van der Waals surface area contributed by atoms with Gasteiger partial charge in [-0.2, -0.15) is 0 Å². The lowest BCUT2D eigenvalue weighted by Gasteiger charge is -2.07. The second-order valence-electron chi connectivity index (χ2n) is 2.58. The molecule has 1 amide bonds. The third kappa shape index (κ3) is 2.36. The molecule has 64 valence electrons. The SMILES string of the molecule is NC(=O)O[C@@H]1CN[C@H](CO)C1. The van der Waals surface area contributed by atoms with Gasteiger partial charge >= 0.3 is 6.09 Å². The van der Waals surface area contributed by atoms with E-state index in [4.69, 9.17) is 15.6 Å². The van der Waals surface area contributed by atoms with Gasteiger partial charge in [0.05, 0.1) is 6.61 Å². The summed E-state index contributed by atoms with van der Waals surface area (Å²) in [6, 6.07) is 0.0411. The van der Waals surface area contributed by atoms with Crippen molar-refractivity contribution in [3.8, 4) is 0 Å². The number of nitrogens with one attached hydrogen (secondary N) is 1. The van der Waals surface area contributed by atoms with E-state index in [9.17, 15) is 4.79 Å². The van der Waals surface area contributed by atoms with Crippen molar-refractivity contribution in [2.75, 3.05) is 13.2 Å². The van der Waals surface area contributed by atoms with Crippen molar-refractivity contribution in [1.29, 1.82) is 0 Å². The van der Waals surface area contributed by atoms with Gasteiger partial charge in [-0.3, -0.25) is 0 Å². The number of nitrogens with two attached hydrogens (primary N) is 1. The Balaban J connectivity index is 2.24. The highest BCUT2D eigenvalue weighted by Crippen LogP contribution is 2.09. The standard InChI is InChI=1S/C6H12N2O3/c7-6(10)11-5-1-4(3-9)8-2-5/h4-5,8-9H,1-3H2,(H2,7,10)/t4-,5-/m0/s1. The van der Waals surface area contributed by atoms with Crippen LogP contribution < -0.4 is 11.1 Å². The van der Waals surface area contributed by atoms with Crippen LogP contribution in [0.4, 0.5) is 4.79 Å². The van der Waals surface area contributed by atoms with Gasteiger partial charge in [0.1, 0.15) is 6.10 Å². The van der Waals surface area contributed by atoms with Crippen LogP contribution in [0.25, 0.3) is 0 Å². The van der Waals surface area contributed by atoms with Gasteiger partial charge in [0.2, 0.25) is 0 Å². The van der Waals surface area contributed by atoms with E-state index in [0.717, 1.165) is 0 Å². The third-order valence-electron chi connectivity index (χ3n) is 1.68. The zero-order valence-corrected chi connectivity index (χ0v) is 6.12. The van der Waals surface area contributed by atoms with Crippen molar-refractivity contribution in [3.63, 3.8) is 0 Å². The van der Waals surface area contributed by atoms with Crippen LogP contribution >= 0.6 is 0 Å². The van der Waals surface area contributed by atoms with Gasteiger partial charge in [0, 0.05) is 19.0 Å². The average Bonchev–Trinajstić information content (AvgIpc) is 2.34. The molecule has 0 aromatic carbocycles. The summed E-state index contributed by atoms with van der Waals surface area (Å²) in [6.45, 7) is 0.646. The molecule has 5 nitrogen and oxygen atoms in total. The van der Waals surface area contributed by atoms with Crippen molar-refractivity contribution in [1.82, 2.24) is 5.32 Å². The number of hydrogen-bond donors (Lipinski definition) is 3. The molecule has 0 bridgehead atoms. The van der Waals surface area contributed by atoms with Crippen LogP contribution in [0.1, 0.15) is 6.42 Å². The molecule has 1 rings (SSSR count). The monoisotopic (exact) mass is 160 g/mol. The maximum Gasteiger partial charge on any atom is 0.404 e. The minimum Gasteiger partial charge on any atom is -0.445 e. The van der Waals surface area contributed by atoms with Gasteiger partial charge in [-0.05, 0) is 0 Å². The molecular formula is C6H12N2O3. The Morgan fingerprint density at radius 3 is 3.00 bits per heavy atom. The van der Waals surface area contributed by atoms with E-state index in [1.807, 2.05) is 0 Å². The molecule has 11 heavy (non-hydrogen) atoms. The van der Waals surface area contributed by atoms with Gasteiger partial charge in [-0.1, -0.05) is 0 Å². The maximum absolute atomic E-state index is 10.3. The number of aliphatic hydroxyl groups excluding tert-OH is 1. The summed E-state index contributed by atoms with van der Waals surface area (Å²) in [7, 11) is 0. The minimum atomic E-state index is -0.754. The van der Waals surface area contributed by atoms with E-state index in [0.29, 0.717) is 13.0 Å². The second kappa shape index (κ2) is 3.54. The van der Waals surface area contributed by atoms with Crippen LogP contribution in [0.15, 0.2) is 0 Å². The number of rotatable bonds is 2. The summed E-state index contributed by atoms with van der Waals surface area (Å²) in [5.41, 5.74) is 4.81. The van der Waals surface area contributed by atoms with E-state index >= 15 is 0 Å². The zero-order valence-electron chi connectivity index (χ0n) is 6.12. The molecule has 0 aliphatic carbocycles. The molecule has 0 aromatic rings. The molecule has 2 atom stereocenters. The van der Waals surface area contributed by atoms with Crippen LogP contribution in [0.2, 0.25) is 0 Å². The summed E-state index contributed by atoms with van der Waals surface area (Å²) in [5, 5.41) is 11.7. The van der Waals surface area contributed by atoms with E-state index in [1.165, 1.54) is 0 Å². The smallest absolute Gasteiger partial charge is 0.404 e. The number of carbonyl (C=O) groups is 1. The number of carbonyl (C=O) groups excluding carboxylic acids is 1. The molecule has 1 heterocycles. The first kappa shape index (κ1) is 8.29. The molecule has 1 aliphatic heterocycles. The van der Waals surface area contributed by atoms with Crippen molar-refractivity contribution in [2.24, 2.45) is 5.73 Å². The Morgan fingerprint density at radius 1 is 1.82 bits per heavy atom. The topological polar surface area (TPSA) is 84.6 Å². The molecule has 4 N–H and O–H groups in total. The summed E-state index contributed by atoms with van der Waals surface area (Å²) in [5.74, 6) is 0. The first-order valence-electron chi connectivity index (χ1n) is 3.52. The van der Waals surface area contributed by atoms with Crippen molar-refractivity contribution < 1.29 is 14.6 Å². The summed E-state index contributed by atoms with van der Waals surface area (Å²) < 4.78 is 4.71. The molecule has 1 saturated heterocycles. The zero-order chi connectivity index (χ0) is 8.27. The fourth-order valence-corrected chi connectivity index (χ4v) is 1.18. The van der Waals surface area contributed by atoms with E-state index in [2.05, 4.69) is 5.32 Å². The van der Waals surface area contributed by atoms with Gasteiger partial charge in [0.25, 0.3) is 0 Å². The Hall–Kier alpha value is -0.810. The first-order valence-corrected chi connectivity index (χ1v) is 3.52. The van der Waals surface area contributed by atoms with Crippen molar-refractivity contribution >= 4 is 6.09 Å². The Kier molecular flexibility index (Phi) is 2.67. The Bertz CT molecular complexity index is 151. The fourth-order valence-electron chi connectivity index (χ4n) is 1.18. The van der Waals surface area contributed by atoms with Crippen LogP contribution in [-0.2, 0) is 4.74 Å². The molecule has 0 spiro atoms. The van der Waals surface area contributed by atoms with Crippen LogP contribution in [0, 0.1) is 0 Å². The normalized spacial score (nSPS) is 30.3. The number of ether oxygens (including phenoxy) is 1. The highest BCUT2D eigenvalue weighted by molar-refractivity contribution is 5.64. The van der Waals surface area contributed by atoms with E-state index in [-0.39, 0.29) is 18.8 Å². The number of amides is 1. The molecular weight excluding hydrogens is 148 g/mol. The highest BCUT2D eigenvalue weighted by atomic mass is 16.6. The van der Waals surface area contributed by atoms with Crippen LogP contribution in [-0.4, -0.2) is 36.5 Å². The summed E-state index contributed by atoms with van der Waals surface area (Å²) >= 11 is 0. The largest absolute Gasteiger partial charge is 0.445 e. The second-order valence-corrected chi connectivity index (χ2v) is 2.58. The van der Waals surface area contributed by atoms with Crippen LogP contribution in [0.5, 0.6) is 0 Å².